The molecule has 0 bridgehead atoms. The normalized spacial score (nSPS) is 21.8. The molecule has 0 N–H and O–H groups in total. The maximum Gasteiger partial charge on any atom is 0.409 e. The van der Waals surface area contributed by atoms with Crippen molar-refractivity contribution in [3.63, 3.8) is 0 Å². The van der Waals surface area contributed by atoms with Gasteiger partial charge in [-0.2, -0.15) is 18.3 Å². The Morgan fingerprint density at radius 1 is 1.31 bits per heavy atom. The summed E-state index contributed by atoms with van der Waals surface area (Å²) >= 11 is 1.35. The molecule has 2 atom stereocenters. The van der Waals surface area contributed by atoms with Crippen molar-refractivity contribution in [2.45, 2.75) is 43.4 Å². The van der Waals surface area contributed by atoms with Crippen molar-refractivity contribution in [3.8, 4) is 0 Å². The zero-order valence-electron chi connectivity index (χ0n) is 15.8. The van der Waals surface area contributed by atoms with Gasteiger partial charge in [0.15, 0.2) is 0 Å². The minimum Gasteiger partial charge on any atom is -0.301 e. The molecule has 154 valence electrons. The number of carbonyl (C=O) groups excluding carboxylic acids is 2. The summed E-state index contributed by atoms with van der Waals surface area (Å²) < 4.78 is 42.9. The van der Waals surface area contributed by atoms with E-state index in [4.69, 9.17) is 0 Å². The lowest BCUT2D eigenvalue weighted by molar-refractivity contribution is -0.158. The number of anilines is 2. The van der Waals surface area contributed by atoms with E-state index in [9.17, 15) is 22.8 Å². The first-order chi connectivity index (χ1) is 13.7. The molecule has 0 unspecified atom stereocenters. The fraction of sp³-hybridized carbons (Fsp3) is 0.421. The maximum atomic E-state index is 13.8. The Kier molecular flexibility index (Phi) is 4.84. The van der Waals surface area contributed by atoms with Gasteiger partial charge in [-0.05, 0) is 32.4 Å². The van der Waals surface area contributed by atoms with Crippen LogP contribution in [0.5, 0.6) is 0 Å². The molecular formula is C19H19F3N4O2S. The van der Waals surface area contributed by atoms with Crippen LogP contribution in [0.3, 0.4) is 0 Å². The molecule has 2 aliphatic rings. The third-order valence-corrected chi connectivity index (χ3v) is 6.17. The first-order valence-electron chi connectivity index (χ1n) is 9.14. The van der Waals surface area contributed by atoms with Crippen LogP contribution in [0.1, 0.15) is 25.1 Å². The van der Waals surface area contributed by atoms with E-state index in [2.05, 4.69) is 5.10 Å². The number of aryl methyl sites for hydroxylation is 1. The summed E-state index contributed by atoms with van der Waals surface area (Å²) in [6.07, 6.45) is -4.88. The number of nitrogens with zero attached hydrogens (tertiary/aromatic N) is 4. The highest BCUT2D eigenvalue weighted by molar-refractivity contribution is 8.00. The molecule has 3 heterocycles. The zero-order chi connectivity index (χ0) is 20.9. The Balaban J connectivity index is 1.71. The number of rotatable bonds is 2. The zero-order valence-corrected chi connectivity index (χ0v) is 16.6. The Bertz CT molecular complexity index is 975. The average Bonchev–Trinajstić information content (AvgIpc) is 3.05. The number of para-hydroxylation sites is 1. The van der Waals surface area contributed by atoms with Gasteiger partial charge in [0, 0.05) is 11.0 Å². The van der Waals surface area contributed by atoms with Crippen LogP contribution in [-0.2, 0) is 9.59 Å². The number of aromatic nitrogens is 2. The van der Waals surface area contributed by atoms with Crippen molar-refractivity contribution in [2.24, 2.45) is 0 Å². The second-order valence-electron chi connectivity index (χ2n) is 7.23. The molecule has 29 heavy (non-hydrogen) atoms. The molecule has 1 aromatic heterocycles. The molecule has 0 fully saturated rings. The van der Waals surface area contributed by atoms with Crippen molar-refractivity contribution in [1.29, 1.82) is 0 Å². The van der Waals surface area contributed by atoms with E-state index in [0.29, 0.717) is 11.4 Å². The van der Waals surface area contributed by atoms with E-state index < -0.39 is 30.7 Å². The number of fused-ring (bicyclic) bond motifs is 2. The maximum absolute atomic E-state index is 13.8. The molecule has 2 aliphatic heterocycles. The number of halogens is 3. The lowest BCUT2D eigenvalue weighted by Crippen LogP contribution is -2.56. The number of thioether (sulfide) groups is 1. The molecular weight excluding hydrogens is 405 g/mol. The summed E-state index contributed by atoms with van der Waals surface area (Å²) in [5, 5.41) is 4.25. The SMILES string of the molecule is Cc1cc2n(n1)[C@H](C)C[C@H](C(F)(F)F)N2C(=O)CN1C(=O)CSc2ccccc21. The summed E-state index contributed by atoms with van der Waals surface area (Å²) in [7, 11) is 0. The molecule has 0 aliphatic carbocycles. The van der Waals surface area contributed by atoms with E-state index >= 15 is 0 Å². The molecule has 0 saturated carbocycles. The second kappa shape index (κ2) is 7.08. The fourth-order valence-corrected chi connectivity index (χ4v) is 4.75. The number of carbonyl (C=O) groups is 2. The van der Waals surface area contributed by atoms with Gasteiger partial charge in [0.1, 0.15) is 18.4 Å². The molecule has 4 rings (SSSR count). The third-order valence-electron chi connectivity index (χ3n) is 5.13. The standard InChI is InChI=1S/C19H19F3N4O2S/c1-11-7-16-25(15(19(20,21)22)8-12(2)26(16)23-11)17(27)9-24-13-5-3-4-6-14(13)29-10-18(24)28/h3-7,12,15H,8-10H2,1-2H3/t12-,15-/m1/s1. The molecule has 2 aromatic rings. The van der Waals surface area contributed by atoms with E-state index in [1.807, 2.05) is 12.1 Å². The van der Waals surface area contributed by atoms with Gasteiger partial charge in [0.05, 0.1) is 23.2 Å². The van der Waals surface area contributed by atoms with Gasteiger partial charge in [-0.25, -0.2) is 4.68 Å². The predicted octanol–water partition coefficient (Wildman–Crippen LogP) is 3.56. The van der Waals surface area contributed by atoms with Crippen molar-refractivity contribution in [2.75, 3.05) is 22.1 Å². The number of hydrogen-bond acceptors (Lipinski definition) is 4. The second-order valence-corrected chi connectivity index (χ2v) is 8.25. The summed E-state index contributed by atoms with van der Waals surface area (Å²) in [6, 6.07) is 6.09. The van der Waals surface area contributed by atoms with Crippen LogP contribution in [0.2, 0.25) is 0 Å². The summed E-state index contributed by atoms with van der Waals surface area (Å²) in [5.74, 6) is -0.835. The van der Waals surface area contributed by atoms with Gasteiger partial charge in [0.2, 0.25) is 11.8 Å². The summed E-state index contributed by atoms with van der Waals surface area (Å²) in [5.41, 5.74) is 1.07. The first kappa shape index (κ1) is 19.8. The molecule has 0 saturated heterocycles. The summed E-state index contributed by atoms with van der Waals surface area (Å²) in [6.45, 7) is 2.87. The lowest BCUT2D eigenvalue weighted by Gasteiger charge is -2.40. The van der Waals surface area contributed by atoms with Gasteiger partial charge < -0.3 is 4.90 Å². The quantitative estimate of drug-likeness (QED) is 0.740. The largest absolute Gasteiger partial charge is 0.409 e. The Labute approximate surface area is 169 Å². The fourth-order valence-electron chi connectivity index (χ4n) is 3.82. The number of benzene rings is 1. The monoisotopic (exact) mass is 424 g/mol. The van der Waals surface area contributed by atoms with Crippen LogP contribution in [0.4, 0.5) is 24.7 Å². The molecule has 10 heteroatoms. The minimum absolute atomic E-state index is 0.112. The number of alkyl halides is 3. The number of amides is 2. The highest BCUT2D eigenvalue weighted by Gasteiger charge is 2.50. The van der Waals surface area contributed by atoms with Crippen LogP contribution in [0.15, 0.2) is 35.2 Å². The van der Waals surface area contributed by atoms with Crippen molar-refractivity contribution in [1.82, 2.24) is 9.78 Å². The van der Waals surface area contributed by atoms with E-state index in [1.165, 1.54) is 27.4 Å². The Morgan fingerprint density at radius 3 is 2.76 bits per heavy atom. The molecule has 2 amide bonds. The van der Waals surface area contributed by atoms with Crippen molar-refractivity contribution < 1.29 is 22.8 Å². The third kappa shape index (κ3) is 3.50. The van der Waals surface area contributed by atoms with E-state index in [-0.39, 0.29) is 23.9 Å². The predicted molar refractivity (Wildman–Crippen MR) is 103 cm³/mol. The van der Waals surface area contributed by atoms with Crippen LogP contribution >= 0.6 is 11.8 Å². The molecule has 0 spiro atoms. The average molecular weight is 424 g/mol. The van der Waals surface area contributed by atoms with Gasteiger partial charge >= 0.3 is 6.18 Å². The highest BCUT2D eigenvalue weighted by atomic mass is 32.2. The van der Waals surface area contributed by atoms with E-state index in [1.54, 1.807) is 26.0 Å². The van der Waals surface area contributed by atoms with Crippen molar-refractivity contribution in [3.05, 3.63) is 36.0 Å². The van der Waals surface area contributed by atoms with Crippen molar-refractivity contribution >= 4 is 35.1 Å². The van der Waals surface area contributed by atoms with Crippen LogP contribution in [0, 0.1) is 6.92 Å². The van der Waals surface area contributed by atoms with Crippen LogP contribution < -0.4 is 9.80 Å². The lowest BCUT2D eigenvalue weighted by atomic mass is 10.0. The van der Waals surface area contributed by atoms with Crippen LogP contribution in [0.25, 0.3) is 0 Å². The van der Waals surface area contributed by atoms with Crippen LogP contribution in [-0.4, -0.2) is 46.1 Å². The molecule has 0 radical (unpaired) electrons. The Morgan fingerprint density at radius 2 is 2.03 bits per heavy atom. The van der Waals surface area contributed by atoms with Gasteiger partial charge in [-0.15, -0.1) is 11.8 Å². The minimum atomic E-state index is -4.59. The summed E-state index contributed by atoms with van der Waals surface area (Å²) in [4.78, 5) is 28.4. The first-order valence-corrected chi connectivity index (χ1v) is 10.1. The topological polar surface area (TPSA) is 58.4 Å². The van der Waals surface area contributed by atoms with Gasteiger partial charge in [-0.1, -0.05) is 12.1 Å². The number of hydrogen-bond donors (Lipinski definition) is 0. The highest BCUT2D eigenvalue weighted by Crippen LogP contribution is 2.40. The molecule has 1 aromatic carbocycles. The Hall–Kier alpha value is -2.49. The van der Waals surface area contributed by atoms with E-state index in [0.717, 1.165) is 9.80 Å². The van der Waals surface area contributed by atoms with Gasteiger partial charge in [-0.3, -0.25) is 14.5 Å². The van der Waals surface area contributed by atoms with Gasteiger partial charge in [0.25, 0.3) is 0 Å². The smallest absolute Gasteiger partial charge is 0.301 e. The molecule has 6 nitrogen and oxygen atoms in total.